The third-order valence-corrected chi connectivity index (χ3v) is 3.85. The molecule has 0 fully saturated rings. The molecular weight excluding hydrogens is 318 g/mol. The maximum absolute atomic E-state index is 12.3. The molecule has 3 rings (SSSR count). The highest BCUT2D eigenvalue weighted by molar-refractivity contribution is 5.91. The number of amides is 3. The third kappa shape index (κ3) is 3.98. The Morgan fingerprint density at radius 1 is 1.12 bits per heavy atom. The zero-order valence-corrected chi connectivity index (χ0v) is 13.8. The lowest BCUT2D eigenvalue weighted by molar-refractivity contribution is -0.117. The lowest BCUT2D eigenvalue weighted by Crippen LogP contribution is -2.31. The van der Waals surface area contributed by atoms with Gasteiger partial charge in [0.25, 0.3) is 0 Å². The van der Waals surface area contributed by atoms with Gasteiger partial charge < -0.3 is 20.8 Å². The zero-order chi connectivity index (χ0) is 17.8. The summed E-state index contributed by atoms with van der Waals surface area (Å²) in [7, 11) is 0. The Kier molecular flexibility index (Phi) is 4.70. The number of benzene rings is 2. The average molecular weight is 337 g/mol. The van der Waals surface area contributed by atoms with Crippen molar-refractivity contribution in [2.75, 3.05) is 5.32 Å². The molecule has 0 unspecified atom stereocenters. The molecule has 0 radical (unpaired) electrons. The van der Waals surface area contributed by atoms with Gasteiger partial charge in [-0.25, -0.2) is 4.79 Å². The van der Waals surface area contributed by atoms with Crippen LogP contribution in [0.4, 0.5) is 10.5 Å². The monoisotopic (exact) mass is 337 g/mol. The quantitative estimate of drug-likeness (QED) is 0.666. The van der Waals surface area contributed by atoms with E-state index in [0.717, 1.165) is 11.0 Å². The van der Waals surface area contributed by atoms with Crippen LogP contribution in [0.5, 0.6) is 0 Å². The summed E-state index contributed by atoms with van der Waals surface area (Å²) in [6.45, 7) is 1.84. The summed E-state index contributed by atoms with van der Waals surface area (Å²) >= 11 is 0. The van der Waals surface area contributed by atoms with E-state index in [-0.39, 0.29) is 18.5 Å². The Balaban J connectivity index is 1.69. The third-order valence-electron chi connectivity index (χ3n) is 3.85. The van der Waals surface area contributed by atoms with Crippen LogP contribution < -0.4 is 16.4 Å². The van der Waals surface area contributed by atoms with Crippen LogP contribution in [0.1, 0.15) is 24.3 Å². The molecular formula is C19H19N3O3. The second kappa shape index (κ2) is 7.09. The molecule has 0 aliphatic carbocycles. The number of carbonyl (C=O) groups excluding carboxylic acids is 2. The standard InChI is InChI=1S/C19H19N3O3/c1-12(17-10-14-7-3-5-9-16(14)25-17)21-19(24)22-15-8-4-2-6-13(15)11-18(20)23/h2-10,12H,11H2,1H3,(H2,20,23)(H2,21,22,24)/t12-/m0/s1. The molecule has 0 spiro atoms. The molecule has 1 aromatic heterocycles. The highest BCUT2D eigenvalue weighted by atomic mass is 16.3. The van der Waals surface area contributed by atoms with E-state index in [4.69, 9.17) is 10.2 Å². The molecule has 128 valence electrons. The Labute approximate surface area is 145 Å². The molecule has 6 nitrogen and oxygen atoms in total. The van der Waals surface area contributed by atoms with E-state index in [9.17, 15) is 9.59 Å². The minimum Gasteiger partial charge on any atom is -0.459 e. The number of urea groups is 1. The smallest absolute Gasteiger partial charge is 0.319 e. The van der Waals surface area contributed by atoms with Crippen molar-refractivity contribution in [3.63, 3.8) is 0 Å². The minimum absolute atomic E-state index is 0.0651. The summed E-state index contributed by atoms with van der Waals surface area (Å²) in [5.41, 5.74) is 7.23. The molecule has 1 heterocycles. The fraction of sp³-hybridized carbons (Fsp3) is 0.158. The number of rotatable bonds is 5. The van der Waals surface area contributed by atoms with Crippen LogP contribution in [0, 0.1) is 0 Å². The van der Waals surface area contributed by atoms with Crippen LogP contribution in [0.25, 0.3) is 11.0 Å². The molecule has 0 saturated carbocycles. The Bertz CT molecular complexity index is 884. The molecule has 3 amide bonds. The van der Waals surface area contributed by atoms with Gasteiger partial charge in [0.2, 0.25) is 5.91 Å². The molecule has 1 atom stereocenters. The second-order valence-corrected chi connectivity index (χ2v) is 5.81. The highest BCUT2D eigenvalue weighted by Gasteiger charge is 2.15. The molecule has 25 heavy (non-hydrogen) atoms. The summed E-state index contributed by atoms with van der Waals surface area (Å²) in [6.07, 6.45) is 0.0651. The number of nitrogens with two attached hydrogens (primary N) is 1. The van der Waals surface area contributed by atoms with Gasteiger partial charge in [-0.05, 0) is 30.7 Å². The zero-order valence-electron chi connectivity index (χ0n) is 13.8. The molecule has 0 aliphatic rings. The van der Waals surface area contributed by atoms with E-state index in [2.05, 4.69) is 10.6 Å². The number of anilines is 1. The molecule has 0 bridgehead atoms. The van der Waals surface area contributed by atoms with Crippen LogP contribution in [0.3, 0.4) is 0 Å². The molecule has 6 heteroatoms. The first-order valence-electron chi connectivity index (χ1n) is 7.95. The predicted molar refractivity (Wildman–Crippen MR) is 96.1 cm³/mol. The van der Waals surface area contributed by atoms with Gasteiger partial charge in [0.15, 0.2) is 0 Å². The summed E-state index contributed by atoms with van der Waals surface area (Å²) in [5, 5.41) is 6.56. The molecule has 2 aromatic carbocycles. The summed E-state index contributed by atoms with van der Waals surface area (Å²) in [5.74, 6) is 0.215. The molecule has 3 aromatic rings. The first-order chi connectivity index (χ1) is 12.0. The van der Waals surface area contributed by atoms with E-state index in [0.29, 0.717) is 17.0 Å². The van der Waals surface area contributed by atoms with E-state index in [1.165, 1.54) is 0 Å². The van der Waals surface area contributed by atoms with Crippen molar-refractivity contribution in [3.8, 4) is 0 Å². The van der Waals surface area contributed by atoms with Gasteiger partial charge in [0, 0.05) is 11.1 Å². The lowest BCUT2D eigenvalue weighted by Gasteiger charge is -2.14. The van der Waals surface area contributed by atoms with Crippen LogP contribution in [0.2, 0.25) is 0 Å². The van der Waals surface area contributed by atoms with Gasteiger partial charge in [-0.15, -0.1) is 0 Å². The van der Waals surface area contributed by atoms with Crippen molar-refractivity contribution < 1.29 is 14.0 Å². The van der Waals surface area contributed by atoms with Crippen molar-refractivity contribution in [3.05, 3.63) is 65.9 Å². The number of furan rings is 1. The van der Waals surface area contributed by atoms with Crippen molar-refractivity contribution >= 4 is 28.6 Å². The molecule has 0 aliphatic heterocycles. The van der Waals surface area contributed by atoms with Crippen molar-refractivity contribution in [2.24, 2.45) is 5.73 Å². The first kappa shape index (κ1) is 16.6. The number of para-hydroxylation sites is 2. The van der Waals surface area contributed by atoms with Crippen LogP contribution in [-0.2, 0) is 11.2 Å². The normalized spacial score (nSPS) is 11.9. The number of nitrogens with one attached hydrogen (secondary N) is 2. The van der Waals surface area contributed by atoms with Crippen molar-refractivity contribution in [2.45, 2.75) is 19.4 Å². The maximum atomic E-state index is 12.3. The SMILES string of the molecule is C[C@H](NC(=O)Nc1ccccc1CC(N)=O)c1cc2ccccc2o1. The number of hydrogen-bond acceptors (Lipinski definition) is 3. The largest absolute Gasteiger partial charge is 0.459 e. The topological polar surface area (TPSA) is 97.4 Å². The Morgan fingerprint density at radius 3 is 2.60 bits per heavy atom. The Morgan fingerprint density at radius 2 is 1.84 bits per heavy atom. The van der Waals surface area contributed by atoms with Crippen LogP contribution in [0.15, 0.2) is 59.0 Å². The van der Waals surface area contributed by atoms with Gasteiger partial charge in [-0.3, -0.25) is 4.79 Å². The predicted octanol–water partition coefficient (Wildman–Crippen LogP) is 3.34. The van der Waals surface area contributed by atoms with Gasteiger partial charge in [0.1, 0.15) is 11.3 Å². The van der Waals surface area contributed by atoms with Gasteiger partial charge in [-0.1, -0.05) is 36.4 Å². The summed E-state index contributed by atoms with van der Waals surface area (Å²) in [4.78, 5) is 23.4. The summed E-state index contributed by atoms with van der Waals surface area (Å²) in [6, 6.07) is 15.9. The van der Waals surface area contributed by atoms with E-state index in [1.807, 2.05) is 37.3 Å². The molecule has 4 N–H and O–H groups in total. The average Bonchev–Trinajstić information content (AvgIpc) is 3.00. The summed E-state index contributed by atoms with van der Waals surface area (Å²) < 4.78 is 5.75. The molecule has 0 saturated heterocycles. The second-order valence-electron chi connectivity index (χ2n) is 5.81. The van der Waals surface area contributed by atoms with E-state index < -0.39 is 5.91 Å². The van der Waals surface area contributed by atoms with Crippen LogP contribution in [-0.4, -0.2) is 11.9 Å². The minimum atomic E-state index is -0.453. The fourth-order valence-corrected chi connectivity index (χ4v) is 2.63. The van der Waals surface area contributed by atoms with Crippen LogP contribution >= 0.6 is 0 Å². The fourth-order valence-electron chi connectivity index (χ4n) is 2.63. The Hall–Kier alpha value is -3.28. The number of primary amides is 1. The lowest BCUT2D eigenvalue weighted by atomic mass is 10.1. The first-order valence-corrected chi connectivity index (χ1v) is 7.95. The van der Waals surface area contributed by atoms with Gasteiger partial charge >= 0.3 is 6.03 Å². The van der Waals surface area contributed by atoms with Gasteiger partial charge in [-0.2, -0.15) is 0 Å². The van der Waals surface area contributed by atoms with Crippen molar-refractivity contribution in [1.82, 2.24) is 5.32 Å². The highest BCUT2D eigenvalue weighted by Crippen LogP contribution is 2.23. The number of fused-ring (bicyclic) bond motifs is 1. The number of hydrogen-bond donors (Lipinski definition) is 3. The maximum Gasteiger partial charge on any atom is 0.319 e. The van der Waals surface area contributed by atoms with E-state index in [1.54, 1.807) is 24.3 Å². The van der Waals surface area contributed by atoms with Gasteiger partial charge in [0.05, 0.1) is 12.5 Å². The van der Waals surface area contributed by atoms with Crippen molar-refractivity contribution in [1.29, 1.82) is 0 Å². The van der Waals surface area contributed by atoms with E-state index >= 15 is 0 Å². The number of carbonyl (C=O) groups is 2.